The third-order valence-electron chi connectivity index (χ3n) is 3.44. The normalized spacial score (nSPS) is 10.4. The first-order chi connectivity index (χ1) is 11.6. The van der Waals surface area contributed by atoms with Crippen LogP contribution < -0.4 is 10.6 Å². The summed E-state index contributed by atoms with van der Waals surface area (Å²) in [5.41, 5.74) is 2.56. The zero-order chi connectivity index (χ0) is 16.9. The summed E-state index contributed by atoms with van der Waals surface area (Å²) in [6.45, 7) is 2.36. The molecule has 4 nitrogen and oxygen atoms in total. The van der Waals surface area contributed by atoms with Crippen LogP contribution in [0.5, 0.6) is 0 Å². The molecule has 0 aliphatic heterocycles. The van der Waals surface area contributed by atoms with Crippen LogP contribution in [0.15, 0.2) is 54.6 Å². The Balaban J connectivity index is 1.66. The number of thiazole rings is 1. The molecule has 0 saturated carbocycles. The molecule has 0 spiro atoms. The number of anilines is 1. The van der Waals surface area contributed by atoms with Gasteiger partial charge in [0.2, 0.25) is 0 Å². The first-order valence-electron chi connectivity index (χ1n) is 7.44. The summed E-state index contributed by atoms with van der Waals surface area (Å²) in [4.78, 5) is 17.5. The van der Waals surface area contributed by atoms with Crippen LogP contribution in [-0.2, 0) is 6.54 Å². The number of para-hydroxylation sites is 1. The summed E-state index contributed by atoms with van der Waals surface area (Å²) in [6, 6.07) is 16.7. The first-order valence-corrected chi connectivity index (χ1v) is 8.64. The molecule has 3 aromatic rings. The standard InChI is InChI=1S/C18H16ClN3OS/c1-12-16(11-20-18(23)22-13-7-3-2-4-8-13)24-17(21-12)14-9-5-6-10-15(14)19/h2-10H,11H2,1H3,(H2,20,22,23). The fourth-order valence-corrected chi connectivity index (χ4v) is 3.52. The van der Waals surface area contributed by atoms with Crippen molar-refractivity contribution in [2.24, 2.45) is 0 Å². The predicted molar refractivity (Wildman–Crippen MR) is 99.6 cm³/mol. The Morgan fingerprint density at radius 2 is 1.83 bits per heavy atom. The first kappa shape index (κ1) is 16.5. The molecule has 3 rings (SSSR count). The number of amides is 2. The summed E-state index contributed by atoms with van der Waals surface area (Å²) >= 11 is 7.76. The molecular formula is C18H16ClN3OS. The zero-order valence-electron chi connectivity index (χ0n) is 13.0. The number of aryl methyl sites for hydroxylation is 1. The van der Waals surface area contributed by atoms with Crippen LogP contribution in [0.1, 0.15) is 10.6 Å². The van der Waals surface area contributed by atoms with Crippen molar-refractivity contribution in [1.82, 2.24) is 10.3 Å². The number of aromatic nitrogens is 1. The highest BCUT2D eigenvalue weighted by Gasteiger charge is 2.12. The molecular weight excluding hydrogens is 342 g/mol. The lowest BCUT2D eigenvalue weighted by molar-refractivity contribution is 0.252. The van der Waals surface area contributed by atoms with Crippen LogP contribution in [-0.4, -0.2) is 11.0 Å². The number of rotatable bonds is 4. The van der Waals surface area contributed by atoms with E-state index in [9.17, 15) is 4.79 Å². The number of urea groups is 1. The number of nitrogens with zero attached hydrogens (tertiary/aromatic N) is 1. The Labute approximate surface area is 149 Å². The number of hydrogen-bond donors (Lipinski definition) is 2. The molecule has 2 N–H and O–H groups in total. The van der Waals surface area contributed by atoms with Crippen molar-refractivity contribution in [3.63, 3.8) is 0 Å². The molecule has 6 heteroatoms. The fraction of sp³-hybridized carbons (Fsp3) is 0.111. The molecule has 0 unspecified atom stereocenters. The zero-order valence-corrected chi connectivity index (χ0v) is 14.6. The molecule has 2 aromatic carbocycles. The topological polar surface area (TPSA) is 54.0 Å². The van der Waals surface area contributed by atoms with Gasteiger partial charge in [0, 0.05) is 16.1 Å². The van der Waals surface area contributed by atoms with E-state index in [4.69, 9.17) is 11.6 Å². The number of benzene rings is 2. The van der Waals surface area contributed by atoms with E-state index in [-0.39, 0.29) is 6.03 Å². The van der Waals surface area contributed by atoms with Crippen molar-refractivity contribution in [2.75, 3.05) is 5.32 Å². The quantitative estimate of drug-likeness (QED) is 0.683. The van der Waals surface area contributed by atoms with Crippen LogP contribution in [0.4, 0.5) is 10.5 Å². The van der Waals surface area contributed by atoms with E-state index in [2.05, 4.69) is 15.6 Å². The molecule has 0 aliphatic carbocycles. The maximum Gasteiger partial charge on any atom is 0.319 e. The van der Waals surface area contributed by atoms with Crippen molar-refractivity contribution < 1.29 is 4.79 Å². The Bertz CT molecular complexity index is 848. The lowest BCUT2D eigenvalue weighted by Gasteiger charge is -2.06. The van der Waals surface area contributed by atoms with Gasteiger partial charge in [-0.05, 0) is 25.1 Å². The van der Waals surface area contributed by atoms with E-state index in [1.165, 1.54) is 11.3 Å². The highest BCUT2D eigenvalue weighted by atomic mass is 35.5. The monoisotopic (exact) mass is 357 g/mol. The number of carbonyl (C=O) groups is 1. The predicted octanol–water partition coefficient (Wildman–Crippen LogP) is 5.09. The molecule has 2 amide bonds. The molecule has 1 aromatic heterocycles. The second-order valence-electron chi connectivity index (χ2n) is 5.18. The van der Waals surface area contributed by atoms with Crippen LogP contribution >= 0.6 is 22.9 Å². The van der Waals surface area contributed by atoms with Gasteiger partial charge in [0.15, 0.2) is 0 Å². The minimum Gasteiger partial charge on any atom is -0.333 e. The van der Waals surface area contributed by atoms with Gasteiger partial charge in [0.1, 0.15) is 5.01 Å². The third kappa shape index (κ3) is 3.93. The Hall–Kier alpha value is -2.37. The van der Waals surface area contributed by atoms with Gasteiger partial charge in [0.05, 0.1) is 17.3 Å². The molecule has 0 radical (unpaired) electrons. The highest BCUT2D eigenvalue weighted by Crippen LogP contribution is 2.32. The summed E-state index contributed by atoms with van der Waals surface area (Å²) in [5, 5.41) is 7.18. The van der Waals surface area contributed by atoms with E-state index in [0.29, 0.717) is 11.6 Å². The van der Waals surface area contributed by atoms with Gasteiger partial charge < -0.3 is 10.6 Å². The molecule has 0 saturated heterocycles. The number of nitrogens with one attached hydrogen (secondary N) is 2. The summed E-state index contributed by atoms with van der Waals surface area (Å²) < 4.78 is 0. The van der Waals surface area contributed by atoms with Crippen molar-refractivity contribution in [3.05, 3.63) is 70.2 Å². The summed E-state index contributed by atoms with van der Waals surface area (Å²) in [6.07, 6.45) is 0. The van der Waals surface area contributed by atoms with Crippen LogP contribution in [0.2, 0.25) is 5.02 Å². The summed E-state index contributed by atoms with van der Waals surface area (Å²) in [5.74, 6) is 0. The van der Waals surface area contributed by atoms with Gasteiger partial charge >= 0.3 is 6.03 Å². The van der Waals surface area contributed by atoms with Gasteiger partial charge in [-0.3, -0.25) is 0 Å². The second-order valence-corrected chi connectivity index (χ2v) is 6.67. The van der Waals surface area contributed by atoms with Gasteiger partial charge in [-0.1, -0.05) is 48.0 Å². The van der Waals surface area contributed by atoms with E-state index >= 15 is 0 Å². The van der Waals surface area contributed by atoms with Crippen molar-refractivity contribution in [2.45, 2.75) is 13.5 Å². The minimum atomic E-state index is -0.242. The second kappa shape index (κ2) is 7.47. The lowest BCUT2D eigenvalue weighted by Crippen LogP contribution is -2.28. The Morgan fingerprint density at radius 3 is 2.58 bits per heavy atom. The van der Waals surface area contributed by atoms with Gasteiger partial charge in [0.25, 0.3) is 0 Å². The molecule has 0 atom stereocenters. The maximum absolute atomic E-state index is 12.0. The maximum atomic E-state index is 12.0. The van der Waals surface area contributed by atoms with Crippen LogP contribution in [0, 0.1) is 6.92 Å². The van der Waals surface area contributed by atoms with Crippen molar-refractivity contribution in [3.8, 4) is 10.6 Å². The van der Waals surface area contributed by atoms with E-state index in [1.807, 2.05) is 61.5 Å². The minimum absolute atomic E-state index is 0.242. The summed E-state index contributed by atoms with van der Waals surface area (Å²) in [7, 11) is 0. The molecule has 0 bridgehead atoms. The molecule has 0 fully saturated rings. The van der Waals surface area contributed by atoms with Gasteiger partial charge in [-0.25, -0.2) is 9.78 Å². The van der Waals surface area contributed by atoms with E-state index < -0.39 is 0 Å². The highest BCUT2D eigenvalue weighted by molar-refractivity contribution is 7.15. The SMILES string of the molecule is Cc1nc(-c2ccccc2Cl)sc1CNC(=O)Nc1ccccc1. The molecule has 1 heterocycles. The van der Waals surface area contributed by atoms with Gasteiger partial charge in [-0.15, -0.1) is 11.3 Å². The van der Waals surface area contributed by atoms with Crippen molar-refractivity contribution in [1.29, 1.82) is 0 Å². The fourth-order valence-electron chi connectivity index (χ4n) is 2.20. The third-order valence-corrected chi connectivity index (χ3v) is 4.96. The van der Waals surface area contributed by atoms with Crippen LogP contribution in [0.3, 0.4) is 0 Å². The lowest BCUT2D eigenvalue weighted by atomic mass is 10.2. The molecule has 122 valence electrons. The molecule has 0 aliphatic rings. The van der Waals surface area contributed by atoms with Gasteiger partial charge in [-0.2, -0.15) is 0 Å². The van der Waals surface area contributed by atoms with E-state index in [1.54, 1.807) is 0 Å². The number of halogens is 1. The van der Waals surface area contributed by atoms with Crippen LogP contribution in [0.25, 0.3) is 10.6 Å². The smallest absolute Gasteiger partial charge is 0.319 e. The largest absolute Gasteiger partial charge is 0.333 e. The molecule has 24 heavy (non-hydrogen) atoms. The Kier molecular flexibility index (Phi) is 5.13. The average Bonchev–Trinajstić information content (AvgIpc) is 2.95. The van der Waals surface area contributed by atoms with E-state index in [0.717, 1.165) is 26.8 Å². The van der Waals surface area contributed by atoms with Crippen molar-refractivity contribution >= 4 is 34.7 Å². The number of carbonyl (C=O) groups excluding carboxylic acids is 1. The Morgan fingerprint density at radius 1 is 1.12 bits per heavy atom. The number of hydrogen-bond acceptors (Lipinski definition) is 3. The average molecular weight is 358 g/mol.